The van der Waals surface area contributed by atoms with E-state index in [9.17, 15) is 4.79 Å². The minimum atomic E-state index is -0.364. The third-order valence-electron chi connectivity index (χ3n) is 4.21. The first kappa shape index (κ1) is 16.8. The number of ether oxygens (including phenoxy) is 2. The Hall–Kier alpha value is -3.04. The van der Waals surface area contributed by atoms with Crippen LogP contribution in [0.4, 0.5) is 5.69 Å². The van der Waals surface area contributed by atoms with E-state index in [-0.39, 0.29) is 18.7 Å². The molecule has 0 spiro atoms. The Labute approximate surface area is 146 Å². The monoisotopic (exact) mass is 337 g/mol. The standard InChI is InChI=1S/C19H19N3O3/c1-13(19(23)21-16-6-4-3-5-15(16)10-20)22(2)11-14-7-8-17-18(9-14)25-12-24-17/h3-9,13H,11-12H2,1-2H3,(H,21,23). The summed E-state index contributed by atoms with van der Waals surface area (Å²) in [6.07, 6.45) is 0. The number of likely N-dealkylation sites (N-methyl/N-ethyl adjacent to an activating group) is 1. The van der Waals surface area contributed by atoms with Crippen molar-refractivity contribution in [3.8, 4) is 17.6 Å². The molecule has 1 unspecified atom stereocenters. The first-order valence-electron chi connectivity index (χ1n) is 7.97. The Morgan fingerprint density at radius 1 is 1.28 bits per heavy atom. The molecule has 1 atom stereocenters. The van der Waals surface area contributed by atoms with Gasteiger partial charge in [-0.3, -0.25) is 9.69 Å². The van der Waals surface area contributed by atoms with Crippen LogP contribution in [0.25, 0.3) is 0 Å². The summed E-state index contributed by atoms with van der Waals surface area (Å²) in [6, 6.07) is 14.4. The molecule has 0 radical (unpaired) electrons. The summed E-state index contributed by atoms with van der Waals surface area (Å²) in [5.74, 6) is 1.31. The maximum absolute atomic E-state index is 12.5. The van der Waals surface area contributed by atoms with Gasteiger partial charge in [0.25, 0.3) is 0 Å². The van der Waals surface area contributed by atoms with Crippen molar-refractivity contribution >= 4 is 11.6 Å². The van der Waals surface area contributed by atoms with E-state index in [0.717, 1.165) is 17.1 Å². The normalized spacial score (nSPS) is 13.4. The lowest BCUT2D eigenvalue weighted by molar-refractivity contribution is -0.120. The Balaban J connectivity index is 1.64. The number of nitriles is 1. The highest BCUT2D eigenvalue weighted by molar-refractivity contribution is 5.95. The van der Waals surface area contributed by atoms with Gasteiger partial charge in [-0.25, -0.2) is 0 Å². The molecule has 2 aromatic carbocycles. The topological polar surface area (TPSA) is 74.6 Å². The number of rotatable bonds is 5. The Bertz CT molecular complexity index is 829. The van der Waals surface area contributed by atoms with Gasteiger partial charge in [-0.15, -0.1) is 0 Å². The molecule has 25 heavy (non-hydrogen) atoms. The number of fused-ring (bicyclic) bond motifs is 1. The van der Waals surface area contributed by atoms with Crippen LogP contribution in [0.1, 0.15) is 18.1 Å². The molecule has 1 amide bonds. The Kier molecular flexibility index (Phi) is 4.87. The maximum atomic E-state index is 12.5. The molecule has 3 rings (SSSR count). The zero-order chi connectivity index (χ0) is 17.8. The fourth-order valence-corrected chi connectivity index (χ4v) is 2.59. The third kappa shape index (κ3) is 3.73. The molecule has 0 bridgehead atoms. The molecule has 0 aromatic heterocycles. The lowest BCUT2D eigenvalue weighted by Gasteiger charge is -2.24. The van der Waals surface area contributed by atoms with E-state index in [1.54, 1.807) is 24.3 Å². The average Bonchev–Trinajstić information content (AvgIpc) is 3.09. The first-order chi connectivity index (χ1) is 12.1. The van der Waals surface area contributed by atoms with Crippen molar-refractivity contribution in [1.82, 2.24) is 4.90 Å². The van der Waals surface area contributed by atoms with E-state index in [4.69, 9.17) is 14.7 Å². The number of amides is 1. The number of anilines is 1. The number of benzene rings is 2. The van der Waals surface area contributed by atoms with Crippen molar-refractivity contribution in [3.05, 3.63) is 53.6 Å². The molecular weight excluding hydrogens is 318 g/mol. The van der Waals surface area contributed by atoms with Crippen LogP contribution in [0.2, 0.25) is 0 Å². The van der Waals surface area contributed by atoms with Crippen LogP contribution in [-0.4, -0.2) is 30.7 Å². The van der Waals surface area contributed by atoms with Gasteiger partial charge in [0.1, 0.15) is 6.07 Å². The zero-order valence-electron chi connectivity index (χ0n) is 14.2. The highest BCUT2D eigenvalue weighted by Crippen LogP contribution is 2.32. The molecule has 0 saturated heterocycles. The average molecular weight is 337 g/mol. The van der Waals surface area contributed by atoms with Crippen LogP contribution >= 0.6 is 0 Å². The fourth-order valence-electron chi connectivity index (χ4n) is 2.59. The summed E-state index contributed by atoms with van der Waals surface area (Å²) < 4.78 is 10.7. The van der Waals surface area contributed by atoms with Gasteiger partial charge in [0, 0.05) is 6.54 Å². The van der Waals surface area contributed by atoms with E-state index < -0.39 is 0 Å². The number of hydrogen-bond donors (Lipinski definition) is 1. The summed E-state index contributed by atoms with van der Waals surface area (Å²) in [6.45, 7) is 2.66. The van der Waals surface area contributed by atoms with Crippen molar-refractivity contribution in [2.75, 3.05) is 19.2 Å². The summed E-state index contributed by atoms with van der Waals surface area (Å²) in [7, 11) is 1.88. The van der Waals surface area contributed by atoms with Gasteiger partial charge in [0.05, 0.1) is 17.3 Å². The van der Waals surface area contributed by atoms with Crippen LogP contribution in [0, 0.1) is 11.3 Å². The van der Waals surface area contributed by atoms with E-state index >= 15 is 0 Å². The van der Waals surface area contributed by atoms with Crippen LogP contribution in [0.15, 0.2) is 42.5 Å². The van der Waals surface area contributed by atoms with Crippen LogP contribution in [0.3, 0.4) is 0 Å². The second kappa shape index (κ2) is 7.24. The van der Waals surface area contributed by atoms with Crippen molar-refractivity contribution < 1.29 is 14.3 Å². The van der Waals surface area contributed by atoms with Crippen LogP contribution < -0.4 is 14.8 Å². The number of carbonyl (C=O) groups excluding carboxylic acids is 1. The van der Waals surface area contributed by atoms with Crippen LogP contribution in [0.5, 0.6) is 11.5 Å². The SMILES string of the molecule is CC(C(=O)Nc1ccccc1C#N)N(C)Cc1ccc2c(c1)OCO2. The molecule has 1 aliphatic rings. The number of para-hydroxylation sites is 1. The minimum Gasteiger partial charge on any atom is -0.454 e. The molecule has 6 nitrogen and oxygen atoms in total. The first-order valence-corrected chi connectivity index (χ1v) is 7.97. The maximum Gasteiger partial charge on any atom is 0.241 e. The zero-order valence-corrected chi connectivity index (χ0v) is 14.2. The van der Waals surface area contributed by atoms with Crippen molar-refractivity contribution in [2.24, 2.45) is 0 Å². The number of nitrogens with zero attached hydrogens (tertiary/aromatic N) is 2. The third-order valence-corrected chi connectivity index (χ3v) is 4.21. The summed E-state index contributed by atoms with van der Waals surface area (Å²) in [5, 5.41) is 11.9. The molecule has 2 aromatic rings. The molecule has 0 saturated carbocycles. The van der Waals surface area contributed by atoms with E-state index in [1.807, 2.05) is 37.1 Å². The van der Waals surface area contributed by atoms with Gasteiger partial charge in [0.2, 0.25) is 12.7 Å². The summed E-state index contributed by atoms with van der Waals surface area (Å²) >= 11 is 0. The molecule has 1 N–H and O–H groups in total. The van der Waals surface area contributed by atoms with E-state index in [0.29, 0.717) is 17.8 Å². The largest absolute Gasteiger partial charge is 0.454 e. The smallest absolute Gasteiger partial charge is 0.241 e. The molecular formula is C19H19N3O3. The van der Waals surface area contributed by atoms with Gasteiger partial charge < -0.3 is 14.8 Å². The molecule has 0 aliphatic carbocycles. The Morgan fingerprint density at radius 2 is 2.04 bits per heavy atom. The van der Waals surface area contributed by atoms with Gasteiger partial charge in [-0.05, 0) is 43.8 Å². The minimum absolute atomic E-state index is 0.161. The summed E-state index contributed by atoms with van der Waals surface area (Å²) in [4.78, 5) is 14.4. The second-order valence-corrected chi connectivity index (χ2v) is 5.93. The van der Waals surface area contributed by atoms with Gasteiger partial charge in [-0.1, -0.05) is 18.2 Å². The number of nitrogens with one attached hydrogen (secondary N) is 1. The molecule has 1 heterocycles. The van der Waals surface area contributed by atoms with Crippen molar-refractivity contribution in [3.63, 3.8) is 0 Å². The summed E-state index contributed by atoms with van der Waals surface area (Å²) in [5.41, 5.74) is 2.00. The highest BCUT2D eigenvalue weighted by atomic mass is 16.7. The highest BCUT2D eigenvalue weighted by Gasteiger charge is 2.20. The predicted molar refractivity (Wildman–Crippen MR) is 93.3 cm³/mol. The Morgan fingerprint density at radius 3 is 2.84 bits per heavy atom. The molecule has 0 fully saturated rings. The van der Waals surface area contributed by atoms with Gasteiger partial charge >= 0.3 is 0 Å². The quantitative estimate of drug-likeness (QED) is 0.908. The number of hydrogen-bond acceptors (Lipinski definition) is 5. The van der Waals surface area contributed by atoms with Crippen molar-refractivity contribution in [2.45, 2.75) is 19.5 Å². The second-order valence-electron chi connectivity index (χ2n) is 5.93. The molecule has 6 heteroatoms. The van der Waals surface area contributed by atoms with E-state index in [1.165, 1.54) is 0 Å². The lowest BCUT2D eigenvalue weighted by atomic mass is 10.1. The molecule has 1 aliphatic heterocycles. The number of carbonyl (C=O) groups is 1. The van der Waals surface area contributed by atoms with Crippen molar-refractivity contribution in [1.29, 1.82) is 5.26 Å². The van der Waals surface area contributed by atoms with Gasteiger partial charge in [-0.2, -0.15) is 5.26 Å². The van der Waals surface area contributed by atoms with Gasteiger partial charge in [0.15, 0.2) is 11.5 Å². The fraction of sp³-hybridized carbons (Fsp3) is 0.263. The van der Waals surface area contributed by atoms with E-state index in [2.05, 4.69) is 11.4 Å². The van der Waals surface area contributed by atoms with Crippen LogP contribution in [-0.2, 0) is 11.3 Å². The lowest BCUT2D eigenvalue weighted by Crippen LogP contribution is -2.39. The molecule has 128 valence electrons. The predicted octanol–water partition coefficient (Wildman–Crippen LogP) is 2.75.